The molecule has 1 heterocycles. The number of nitrogens with one attached hydrogen (secondary N) is 1. The van der Waals surface area contributed by atoms with E-state index in [1.165, 1.54) is 24.8 Å². The smallest absolute Gasteiger partial charge is 0.0111 e. The fraction of sp³-hybridized carbons (Fsp3) is 0.600. The maximum absolute atomic E-state index is 3.79. The molecule has 2 aliphatic rings. The van der Waals surface area contributed by atoms with Gasteiger partial charge in [0.1, 0.15) is 0 Å². The topological polar surface area (TPSA) is 12.0 Å². The first kappa shape index (κ1) is 10.3. The van der Waals surface area contributed by atoms with Crippen LogP contribution in [0.4, 0.5) is 0 Å². The van der Waals surface area contributed by atoms with E-state index in [1.807, 2.05) is 0 Å². The van der Waals surface area contributed by atoms with E-state index in [-0.39, 0.29) is 0 Å². The highest BCUT2D eigenvalue weighted by Gasteiger charge is 2.40. The lowest BCUT2D eigenvalue weighted by atomic mass is 9.88. The van der Waals surface area contributed by atoms with Crippen molar-refractivity contribution in [2.24, 2.45) is 5.92 Å². The fourth-order valence-electron chi connectivity index (χ4n) is 3.23. The number of hydrogen-bond donors (Lipinski definition) is 1. The maximum atomic E-state index is 3.79. The predicted molar refractivity (Wildman–Crippen MR) is 67.6 cm³/mol. The molecule has 3 rings (SSSR count). The molecular formula is C15H21N. The second-order valence-corrected chi connectivity index (χ2v) is 5.60. The van der Waals surface area contributed by atoms with Crippen molar-refractivity contribution in [3.05, 3.63) is 35.4 Å². The van der Waals surface area contributed by atoms with Crippen LogP contribution in [0.5, 0.6) is 0 Å². The van der Waals surface area contributed by atoms with Crippen LogP contribution >= 0.6 is 0 Å². The molecule has 1 aliphatic carbocycles. The Bertz CT molecular complexity index is 381. The Kier molecular flexibility index (Phi) is 2.51. The predicted octanol–water partition coefficient (Wildman–Crippen LogP) is 3.24. The van der Waals surface area contributed by atoms with Gasteiger partial charge in [0, 0.05) is 18.0 Å². The molecule has 3 unspecified atom stereocenters. The van der Waals surface area contributed by atoms with Gasteiger partial charge in [-0.2, -0.15) is 0 Å². The normalized spacial score (nSPS) is 34.2. The standard InChI is InChI=1S/C15H21N/c1-10-5-3-4-6-13(10)14-9-15(12-7-8-12)16-11(14)2/h3-6,11-12,14-16H,7-9H2,1-2H3. The average Bonchev–Trinajstić information content (AvgIpc) is 3.04. The van der Waals surface area contributed by atoms with Crippen molar-refractivity contribution >= 4 is 0 Å². The van der Waals surface area contributed by atoms with Gasteiger partial charge in [0.25, 0.3) is 0 Å². The van der Waals surface area contributed by atoms with Crippen LogP contribution in [0.1, 0.15) is 43.2 Å². The minimum absolute atomic E-state index is 0.645. The molecule has 0 spiro atoms. The van der Waals surface area contributed by atoms with E-state index < -0.39 is 0 Å². The number of benzene rings is 1. The first-order valence-corrected chi connectivity index (χ1v) is 6.57. The highest BCUT2D eigenvalue weighted by atomic mass is 15.0. The summed E-state index contributed by atoms with van der Waals surface area (Å²) in [4.78, 5) is 0. The van der Waals surface area contributed by atoms with Gasteiger partial charge in [0.05, 0.1) is 0 Å². The molecule has 0 amide bonds. The van der Waals surface area contributed by atoms with Crippen molar-refractivity contribution in [3.63, 3.8) is 0 Å². The van der Waals surface area contributed by atoms with Crippen molar-refractivity contribution < 1.29 is 0 Å². The average molecular weight is 215 g/mol. The first-order chi connectivity index (χ1) is 7.75. The van der Waals surface area contributed by atoms with Gasteiger partial charge in [-0.25, -0.2) is 0 Å². The molecule has 16 heavy (non-hydrogen) atoms. The summed E-state index contributed by atoms with van der Waals surface area (Å²) in [5, 5.41) is 3.79. The molecule has 1 aliphatic heterocycles. The molecule has 86 valence electrons. The van der Waals surface area contributed by atoms with Gasteiger partial charge in [0.2, 0.25) is 0 Å². The summed E-state index contributed by atoms with van der Waals surface area (Å²) < 4.78 is 0. The van der Waals surface area contributed by atoms with Crippen molar-refractivity contribution in [1.82, 2.24) is 5.32 Å². The monoisotopic (exact) mass is 215 g/mol. The third-order valence-corrected chi connectivity index (χ3v) is 4.37. The van der Waals surface area contributed by atoms with Crippen LogP contribution < -0.4 is 5.32 Å². The highest BCUT2D eigenvalue weighted by molar-refractivity contribution is 5.31. The van der Waals surface area contributed by atoms with E-state index in [2.05, 4.69) is 43.4 Å². The number of aryl methyl sites for hydroxylation is 1. The van der Waals surface area contributed by atoms with E-state index in [4.69, 9.17) is 0 Å². The van der Waals surface area contributed by atoms with Gasteiger partial charge in [-0.3, -0.25) is 0 Å². The third-order valence-electron chi connectivity index (χ3n) is 4.37. The van der Waals surface area contributed by atoms with Gasteiger partial charge >= 0.3 is 0 Å². The van der Waals surface area contributed by atoms with Crippen LogP contribution in [-0.2, 0) is 0 Å². The molecule has 1 saturated heterocycles. The molecule has 1 N–H and O–H groups in total. The second kappa shape index (κ2) is 3.89. The molecule has 0 aromatic heterocycles. The molecule has 2 fully saturated rings. The maximum Gasteiger partial charge on any atom is 0.0111 e. The summed E-state index contributed by atoms with van der Waals surface area (Å²) >= 11 is 0. The Morgan fingerprint density at radius 1 is 1.19 bits per heavy atom. The highest BCUT2D eigenvalue weighted by Crippen LogP contribution is 2.42. The zero-order valence-electron chi connectivity index (χ0n) is 10.2. The SMILES string of the molecule is Cc1ccccc1C1CC(C2CC2)NC1C. The van der Waals surface area contributed by atoms with Gasteiger partial charge in [-0.05, 0) is 50.2 Å². The second-order valence-electron chi connectivity index (χ2n) is 5.60. The minimum atomic E-state index is 0.645. The lowest BCUT2D eigenvalue weighted by Gasteiger charge is -2.17. The quantitative estimate of drug-likeness (QED) is 0.798. The summed E-state index contributed by atoms with van der Waals surface area (Å²) in [5.41, 5.74) is 3.02. The van der Waals surface area contributed by atoms with E-state index in [1.54, 1.807) is 5.56 Å². The van der Waals surface area contributed by atoms with Gasteiger partial charge in [0.15, 0.2) is 0 Å². The Labute approximate surface area is 98.3 Å². The lowest BCUT2D eigenvalue weighted by Crippen LogP contribution is -2.29. The Balaban J connectivity index is 1.82. The lowest BCUT2D eigenvalue weighted by molar-refractivity contribution is 0.509. The van der Waals surface area contributed by atoms with Crippen molar-refractivity contribution in [3.8, 4) is 0 Å². The Morgan fingerprint density at radius 3 is 2.62 bits per heavy atom. The zero-order valence-corrected chi connectivity index (χ0v) is 10.2. The molecule has 0 radical (unpaired) electrons. The Morgan fingerprint density at radius 2 is 1.94 bits per heavy atom. The van der Waals surface area contributed by atoms with Crippen LogP contribution in [0.15, 0.2) is 24.3 Å². The van der Waals surface area contributed by atoms with Crippen LogP contribution in [0.25, 0.3) is 0 Å². The number of hydrogen-bond acceptors (Lipinski definition) is 1. The zero-order chi connectivity index (χ0) is 11.1. The minimum Gasteiger partial charge on any atom is -0.311 e. The summed E-state index contributed by atoms with van der Waals surface area (Å²) in [5.74, 6) is 1.71. The van der Waals surface area contributed by atoms with Gasteiger partial charge in [-0.1, -0.05) is 24.3 Å². The summed E-state index contributed by atoms with van der Waals surface area (Å²) in [7, 11) is 0. The third kappa shape index (κ3) is 1.78. The van der Waals surface area contributed by atoms with Crippen LogP contribution in [0.2, 0.25) is 0 Å². The Hall–Kier alpha value is -0.820. The largest absolute Gasteiger partial charge is 0.311 e. The summed E-state index contributed by atoms with van der Waals surface area (Å²) in [6, 6.07) is 10.3. The molecule has 1 aromatic carbocycles. The molecule has 0 bridgehead atoms. The van der Waals surface area contributed by atoms with Crippen molar-refractivity contribution in [1.29, 1.82) is 0 Å². The molecular weight excluding hydrogens is 194 g/mol. The van der Waals surface area contributed by atoms with Crippen molar-refractivity contribution in [2.75, 3.05) is 0 Å². The molecule has 1 saturated carbocycles. The van der Waals surface area contributed by atoms with E-state index in [0.29, 0.717) is 6.04 Å². The molecule has 1 nitrogen and oxygen atoms in total. The van der Waals surface area contributed by atoms with Crippen LogP contribution in [0, 0.1) is 12.8 Å². The van der Waals surface area contributed by atoms with E-state index in [0.717, 1.165) is 17.9 Å². The first-order valence-electron chi connectivity index (χ1n) is 6.57. The molecule has 3 atom stereocenters. The van der Waals surface area contributed by atoms with Gasteiger partial charge < -0.3 is 5.32 Å². The van der Waals surface area contributed by atoms with Gasteiger partial charge in [-0.15, -0.1) is 0 Å². The van der Waals surface area contributed by atoms with Crippen LogP contribution in [0.3, 0.4) is 0 Å². The fourth-order valence-corrected chi connectivity index (χ4v) is 3.23. The van der Waals surface area contributed by atoms with E-state index >= 15 is 0 Å². The molecule has 1 heteroatoms. The van der Waals surface area contributed by atoms with Crippen LogP contribution in [-0.4, -0.2) is 12.1 Å². The number of rotatable bonds is 2. The molecule has 1 aromatic rings. The van der Waals surface area contributed by atoms with Crippen molar-refractivity contribution in [2.45, 2.75) is 51.1 Å². The summed E-state index contributed by atoms with van der Waals surface area (Å²) in [6.07, 6.45) is 4.24. The summed E-state index contributed by atoms with van der Waals surface area (Å²) in [6.45, 7) is 4.59. The van der Waals surface area contributed by atoms with E-state index in [9.17, 15) is 0 Å².